The minimum absolute atomic E-state index is 0.0744. The molecule has 2 aromatic carbocycles. The van der Waals surface area contributed by atoms with Crippen LogP contribution in [0.4, 0.5) is 0 Å². The van der Waals surface area contributed by atoms with E-state index in [0.29, 0.717) is 24.0 Å². The molecule has 24 heavy (non-hydrogen) atoms. The molecule has 1 aliphatic rings. The number of morpholine rings is 1. The van der Waals surface area contributed by atoms with Gasteiger partial charge in [0.2, 0.25) is 0 Å². The monoisotopic (exact) mass is 347 g/mol. The van der Waals surface area contributed by atoms with Crippen molar-refractivity contribution in [2.75, 3.05) is 26.3 Å². The minimum atomic E-state index is -0.239. The Morgan fingerprint density at radius 1 is 1.17 bits per heavy atom. The zero-order chi connectivity index (χ0) is 16.8. The molecule has 0 amide bonds. The predicted octanol–water partition coefficient (Wildman–Crippen LogP) is 3.85. The van der Waals surface area contributed by atoms with Crippen LogP contribution < -0.4 is 14.8 Å². The normalized spacial score (nSPS) is 18.8. The standard InChI is InChI=1S/C19H22ClNO3/c1-2-22-16-5-3-4-6-17(16)24-19(18-13-21-11-12-23-18)14-7-9-15(20)10-8-14/h3-10,18-19,21H,2,11-13H2,1H3. The molecule has 128 valence electrons. The van der Waals surface area contributed by atoms with Crippen LogP contribution in [0.25, 0.3) is 0 Å². The molecule has 0 aliphatic carbocycles. The maximum atomic E-state index is 6.33. The summed E-state index contributed by atoms with van der Waals surface area (Å²) in [6, 6.07) is 15.4. The third kappa shape index (κ3) is 4.20. The second kappa shape index (κ2) is 8.38. The Kier molecular flexibility index (Phi) is 5.96. The number of para-hydroxylation sites is 2. The highest BCUT2D eigenvalue weighted by atomic mass is 35.5. The molecule has 0 spiro atoms. The van der Waals surface area contributed by atoms with E-state index in [-0.39, 0.29) is 12.2 Å². The van der Waals surface area contributed by atoms with E-state index in [0.717, 1.165) is 24.4 Å². The van der Waals surface area contributed by atoms with Crippen LogP contribution in [0.2, 0.25) is 5.02 Å². The summed E-state index contributed by atoms with van der Waals surface area (Å²) in [5.41, 5.74) is 1.03. The van der Waals surface area contributed by atoms with Gasteiger partial charge in [-0.15, -0.1) is 0 Å². The van der Waals surface area contributed by atoms with Gasteiger partial charge in [0.15, 0.2) is 17.6 Å². The molecule has 2 atom stereocenters. The lowest BCUT2D eigenvalue weighted by Gasteiger charge is -2.32. The van der Waals surface area contributed by atoms with Gasteiger partial charge in [0, 0.05) is 18.1 Å². The Labute approximate surface area is 147 Å². The van der Waals surface area contributed by atoms with Crippen molar-refractivity contribution < 1.29 is 14.2 Å². The molecular weight excluding hydrogens is 326 g/mol. The number of halogens is 1. The molecule has 0 bridgehead atoms. The van der Waals surface area contributed by atoms with Crippen molar-refractivity contribution >= 4 is 11.6 Å². The highest BCUT2D eigenvalue weighted by molar-refractivity contribution is 6.30. The van der Waals surface area contributed by atoms with Gasteiger partial charge < -0.3 is 19.5 Å². The maximum absolute atomic E-state index is 6.33. The Morgan fingerprint density at radius 3 is 2.58 bits per heavy atom. The van der Waals surface area contributed by atoms with Gasteiger partial charge in [-0.25, -0.2) is 0 Å². The Bertz CT molecular complexity index is 641. The van der Waals surface area contributed by atoms with Crippen molar-refractivity contribution in [2.24, 2.45) is 0 Å². The van der Waals surface area contributed by atoms with Crippen molar-refractivity contribution in [3.63, 3.8) is 0 Å². The summed E-state index contributed by atoms with van der Waals surface area (Å²) in [5.74, 6) is 1.45. The van der Waals surface area contributed by atoms with Crippen LogP contribution in [-0.2, 0) is 4.74 Å². The van der Waals surface area contributed by atoms with Gasteiger partial charge in [-0.05, 0) is 36.8 Å². The summed E-state index contributed by atoms with van der Waals surface area (Å²) in [6.45, 7) is 4.82. The number of hydrogen-bond acceptors (Lipinski definition) is 4. The van der Waals surface area contributed by atoms with Gasteiger partial charge in [0.1, 0.15) is 6.10 Å². The third-order valence-corrected chi connectivity index (χ3v) is 4.15. The summed E-state index contributed by atoms with van der Waals surface area (Å²) in [6.07, 6.45) is -0.314. The van der Waals surface area contributed by atoms with Crippen LogP contribution in [0, 0.1) is 0 Å². The fourth-order valence-electron chi connectivity index (χ4n) is 2.75. The van der Waals surface area contributed by atoms with E-state index >= 15 is 0 Å². The SMILES string of the molecule is CCOc1ccccc1OC(c1ccc(Cl)cc1)C1CNCCO1. The molecule has 1 N–H and O–H groups in total. The fraction of sp³-hybridized carbons (Fsp3) is 0.368. The second-order valence-electron chi connectivity index (χ2n) is 5.58. The molecule has 4 nitrogen and oxygen atoms in total. The predicted molar refractivity (Wildman–Crippen MR) is 95.0 cm³/mol. The summed E-state index contributed by atoms with van der Waals surface area (Å²) in [4.78, 5) is 0. The molecule has 1 heterocycles. The zero-order valence-corrected chi connectivity index (χ0v) is 14.5. The van der Waals surface area contributed by atoms with Crippen molar-refractivity contribution in [1.29, 1.82) is 0 Å². The summed E-state index contributed by atoms with van der Waals surface area (Å²) < 4.78 is 17.9. The van der Waals surface area contributed by atoms with Crippen LogP contribution in [0.5, 0.6) is 11.5 Å². The molecule has 2 unspecified atom stereocenters. The molecule has 1 fully saturated rings. The number of ether oxygens (including phenoxy) is 3. The quantitative estimate of drug-likeness (QED) is 0.861. The van der Waals surface area contributed by atoms with Gasteiger partial charge in [0.05, 0.1) is 13.2 Å². The van der Waals surface area contributed by atoms with E-state index in [4.69, 9.17) is 25.8 Å². The van der Waals surface area contributed by atoms with E-state index in [1.807, 2.05) is 55.5 Å². The molecule has 0 aromatic heterocycles. The molecule has 3 rings (SSSR count). The molecular formula is C19H22ClNO3. The van der Waals surface area contributed by atoms with Crippen molar-refractivity contribution in [3.8, 4) is 11.5 Å². The molecule has 5 heteroatoms. The Morgan fingerprint density at radius 2 is 1.92 bits per heavy atom. The van der Waals surface area contributed by atoms with E-state index in [1.54, 1.807) is 0 Å². The summed E-state index contributed by atoms with van der Waals surface area (Å²) in [7, 11) is 0. The average molecular weight is 348 g/mol. The molecule has 0 saturated carbocycles. The van der Waals surface area contributed by atoms with Crippen LogP contribution in [0.3, 0.4) is 0 Å². The average Bonchev–Trinajstić information content (AvgIpc) is 2.63. The van der Waals surface area contributed by atoms with Gasteiger partial charge in [-0.3, -0.25) is 0 Å². The first-order chi connectivity index (χ1) is 11.8. The highest BCUT2D eigenvalue weighted by Gasteiger charge is 2.28. The van der Waals surface area contributed by atoms with Crippen LogP contribution in [0.1, 0.15) is 18.6 Å². The third-order valence-electron chi connectivity index (χ3n) is 3.90. The topological polar surface area (TPSA) is 39.7 Å². The van der Waals surface area contributed by atoms with Crippen molar-refractivity contribution in [2.45, 2.75) is 19.1 Å². The first-order valence-corrected chi connectivity index (χ1v) is 8.62. The number of hydrogen-bond donors (Lipinski definition) is 1. The van der Waals surface area contributed by atoms with Crippen LogP contribution in [0.15, 0.2) is 48.5 Å². The smallest absolute Gasteiger partial charge is 0.162 e. The molecule has 1 saturated heterocycles. The molecule has 1 aliphatic heterocycles. The second-order valence-corrected chi connectivity index (χ2v) is 6.02. The highest BCUT2D eigenvalue weighted by Crippen LogP contribution is 2.34. The maximum Gasteiger partial charge on any atom is 0.162 e. The number of benzene rings is 2. The van der Waals surface area contributed by atoms with Crippen molar-refractivity contribution in [1.82, 2.24) is 5.32 Å². The number of rotatable bonds is 6. The number of nitrogens with one attached hydrogen (secondary N) is 1. The Balaban J connectivity index is 1.88. The van der Waals surface area contributed by atoms with Crippen molar-refractivity contribution in [3.05, 3.63) is 59.1 Å². The van der Waals surface area contributed by atoms with E-state index in [2.05, 4.69) is 5.32 Å². The summed E-state index contributed by atoms with van der Waals surface area (Å²) in [5, 5.41) is 4.06. The first-order valence-electron chi connectivity index (χ1n) is 8.24. The zero-order valence-electron chi connectivity index (χ0n) is 13.7. The van der Waals surface area contributed by atoms with Crippen LogP contribution >= 0.6 is 11.6 Å². The first kappa shape index (κ1) is 17.1. The minimum Gasteiger partial charge on any atom is -0.490 e. The van der Waals surface area contributed by atoms with Gasteiger partial charge in [-0.2, -0.15) is 0 Å². The largest absolute Gasteiger partial charge is 0.490 e. The Hall–Kier alpha value is -1.75. The van der Waals surface area contributed by atoms with E-state index in [1.165, 1.54) is 0 Å². The fourth-order valence-corrected chi connectivity index (χ4v) is 2.88. The van der Waals surface area contributed by atoms with Crippen LogP contribution in [-0.4, -0.2) is 32.4 Å². The van der Waals surface area contributed by atoms with E-state index < -0.39 is 0 Å². The lowest BCUT2D eigenvalue weighted by molar-refractivity contribution is -0.0439. The molecule has 0 radical (unpaired) electrons. The van der Waals surface area contributed by atoms with Gasteiger partial charge >= 0.3 is 0 Å². The lowest BCUT2D eigenvalue weighted by Crippen LogP contribution is -2.43. The van der Waals surface area contributed by atoms with Gasteiger partial charge in [0.25, 0.3) is 0 Å². The lowest BCUT2D eigenvalue weighted by atomic mass is 10.0. The molecule has 2 aromatic rings. The van der Waals surface area contributed by atoms with E-state index in [9.17, 15) is 0 Å². The summed E-state index contributed by atoms with van der Waals surface area (Å²) >= 11 is 6.02. The van der Waals surface area contributed by atoms with Gasteiger partial charge in [-0.1, -0.05) is 35.9 Å².